The predicted molar refractivity (Wildman–Crippen MR) is 106 cm³/mol. The summed E-state index contributed by atoms with van der Waals surface area (Å²) in [7, 11) is 0. The van der Waals surface area contributed by atoms with E-state index in [9.17, 15) is 35.9 Å². The zero-order valence-corrected chi connectivity index (χ0v) is 17.3. The first-order valence-corrected chi connectivity index (χ1v) is 9.56. The summed E-state index contributed by atoms with van der Waals surface area (Å²) < 4.78 is 79.5. The number of aromatic nitrogens is 3. The summed E-state index contributed by atoms with van der Waals surface area (Å²) in [6, 6.07) is 5.24. The molecule has 0 aliphatic rings. The molecule has 2 heterocycles. The summed E-state index contributed by atoms with van der Waals surface area (Å²) in [4.78, 5) is 24.2. The SMILES string of the molecule is Cc1c(C(C)NC(=O)Cn2cc(C(F)(F)F)ccc2=O)cnn1-c1cccc(C(F)(F)F)c1. The van der Waals surface area contributed by atoms with Gasteiger partial charge in [0.2, 0.25) is 5.91 Å². The van der Waals surface area contributed by atoms with Crippen molar-refractivity contribution in [3.05, 3.63) is 81.5 Å². The van der Waals surface area contributed by atoms with Gasteiger partial charge in [0, 0.05) is 23.5 Å². The summed E-state index contributed by atoms with van der Waals surface area (Å²) in [5.41, 5.74) is -1.58. The number of rotatable bonds is 5. The molecule has 6 nitrogen and oxygen atoms in total. The van der Waals surface area contributed by atoms with Gasteiger partial charge in [0.15, 0.2) is 0 Å². The highest BCUT2D eigenvalue weighted by molar-refractivity contribution is 5.76. The van der Waals surface area contributed by atoms with Crippen molar-refractivity contribution in [2.75, 3.05) is 0 Å². The second kappa shape index (κ2) is 8.75. The van der Waals surface area contributed by atoms with Crippen LogP contribution < -0.4 is 10.9 Å². The molecule has 0 aliphatic carbocycles. The summed E-state index contributed by atoms with van der Waals surface area (Å²) >= 11 is 0. The minimum absolute atomic E-state index is 0.169. The molecule has 0 aliphatic heterocycles. The van der Waals surface area contributed by atoms with E-state index in [-0.39, 0.29) is 5.69 Å². The molecular weight excluding hydrogens is 454 g/mol. The van der Waals surface area contributed by atoms with Gasteiger partial charge >= 0.3 is 12.4 Å². The number of nitrogens with zero attached hydrogens (tertiary/aromatic N) is 3. The van der Waals surface area contributed by atoms with Gasteiger partial charge in [0.1, 0.15) is 6.54 Å². The Morgan fingerprint density at radius 3 is 2.36 bits per heavy atom. The van der Waals surface area contributed by atoms with Crippen LogP contribution in [0.3, 0.4) is 0 Å². The molecule has 1 aromatic carbocycles. The minimum Gasteiger partial charge on any atom is -0.348 e. The number of hydrogen-bond donors (Lipinski definition) is 1. The molecule has 0 saturated heterocycles. The van der Waals surface area contributed by atoms with Gasteiger partial charge in [-0.2, -0.15) is 31.4 Å². The zero-order valence-electron chi connectivity index (χ0n) is 17.3. The second-order valence-electron chi connectivity index (χ2n) is 7.32. The molecule has 1 unspecified atom stereocenters. The smallest absolute Gasteiger partial charge is 0.348 e. The van der Waals surface area contributed by atoms with Crippen molar-refractivity contribution >= 4 is 5.91 Å². The van der Waals surface area contributed by atoms with Crippen LogP contribution in [0, 0.1) is 6.92 Å². The number of nitrogens with one attached hydrogen (secondary N) is 1. The van der Waals surface area contributed by atoms with Crippen molar-refractivity contribution < 1.29 is 31.1 Å². The molecule has 0 spiro atoms. The molecule has 1 amide bonds. The van der Waals surface area contributed by atoms with Gasteiger partial charge in [-0.15, -0.1) is 0 Å². The van der Waals surface area contributed by atoms with Gasteiger partial charge < -0.3 is 9.88 Å². The molecule has 176 valence electrons. The normalized spacial score (nSPS) is 13.1. The number of pyridine rings is 1. The van der Waals surface area contributed by atoms with Gasteiger partial charge in [-0.25, -0.2) is 4.68 Å². The number of halogens is 6. The van der Waals surface area contributed by atoms with Crippen LogP contribution in [0.2, 0.25) is 0 Å². The van der Waals surface area contributed by atoms with E-state index >= 15 is 0 Å². The standard InChI is InChI=1S/C21H18F6N4O2/c1-12(29-18(32)11-30-10-15(21(25,26)27)6-7-19(30)33)17-9-28-31(13(17)2)16-5-3-4-14(8-16)20(22,23)24/h3-10,12H,11H2,1-2H3,(H,29,32). The molecular formula is C21H18F6N4O2. The third-order valence-corrected chi connectivity index (χ3v) is 4.93. The van der Waals surface area contributed by atoms with Gasteiger partial charge in [-0.1, -0.05) is 6.07 Å². The molecule has 2 aromatic heterocycles. The molecule has 0 saturated carbocycles. The molecule has 1 N–H and O–H groups in total. The Labute approximate surface area is 183 Å². The Hall–Kier alpha value is -3.57. The monoisotopic (exact) mass is 472 g/mol. The maximum atomic E-state index is 13.0. The summed E-state index contributed by atoms with van der Waals surface area (Å²) in [6.45, 7) is 2.53. The van der Waals surface area contributed by atoms with E-state index in [1.165, 1.54) is 23.0 Å². The molecule has 33 heavy (non-hydrogen) atoms. The highest BCUT2D eigenvalue weighted by Crippen LogP contribution is 2.31. The molecule has 1 atom stereocenters. The first-order chi connectivity index (χ1) is 15.3. The van der Waals surface area contributed by atoms with E-state index in [4.69, 9.17) is 0 Å². The van der Waals surface area contributed by atoms with Gasteiger partial charge in [0.05, 0.1) is 29.1 Å². The Balaban J connectivity index is 1.77. The van der Waals surface area contributed by atoms with Crippen LogP contribution in [0.4, 0.5) is 26.3 Å². The number of amides is 1. The average molecular weight is 472 g/mol. The Kier molecular flexibility index (Phi) is 6.39. The van der Waals surface area contributed by atoms with E-state index in [1.807, 2.05) is 0 Å². The van der Waals surface area contributed by atoms with Crippen molar-refractivity contribution in [1.29, 1.82) is 0 Å². The third kappa shape index (κ3) is 5.44. The van der Waals surface area contributed by atoms with Gasteiger partial charge in [-0.3, -0.25) is 9.59 Å². The lowest BCUT2D eigenvalue weighted by Crippen LogP contribution is -2.34. The first kappa shape index (κ1) is 24.1. The topological polar surface area (TPSA) is 68.9 Å². The maximum Gasteiger partial charge on any atom is 0.417 e. The van der Waals surface area contributed by atoms with Crippen LogP contribution in [0.15, 0.2) is 53.6 Å². The van der Waals surface area contributed by atoms with Crippen LogP contribution in [0.25, 0.3) is 5.69 Å². The van der Waals surface area contributed by atoms with E-state index in [2.05, 4.69) is 10.4 Å². The van der Waals surface area contributed by atoms with Crippen molar-refractivity contribution in [2.24, 2.45) is 0 Å². The number of carbonyl (C=O) groups excluding carboxylic acids is 1. The van der Waals surface area contributed by atoms with Crippen molar-refractivity contribution in [3.8, 4) is 5.69 Å². The molecule has 3 aromatic rings. The highest BCUT2D eigenvalue weighted by Gasteiger charge is 2.32. The predicted octanol–water partition coefficient (Wildman–Crippen LogP) is 4.26. The minimum atomic E-state index is -4.67. The lowest BCUT2D eigenvalue weighted by atomic mass is 10.1. The molecule has 0 fully saturated rings. The largest absolute Gasteiger partial charge is 0.417 e. The van der Waals surface area contributed by atoms with Crippen LogP contribution in [-0.2, 0) is 23.7 Å². The van der Waals surface area contributed by atoms with E-state index < -0.39 is 47.5 Å². The second-order valence-corrected chi connectivity index (χ2v) is 7.32. The molecule has 0 bridgehead atoms. The summed E-state index contributed by atoms with van der Waals surface area (Å²) in [5, 5.41) is 6.65. The third-order valence-electron chi connectivity index (χ3n) is 4.93. The highest BCUT2D eigenvalue weighted by atomic mass is 19.4. The van der Waals surface area contributed by atoms with E-state index in [0.717, 1.165) is 18.2 Å². The van der Waals surface area contributed by atoms with Crippen molar-refractivity contribution in [1.82, 2.24) is 19.7 Å². The lowest BCUT2D eigenvalue weighted by Gasteiger charge is -2.16. The van der Waals surface area contributed by atoms with E-state index in [0.29, 0.717) is 28.1 Å². The molecule has 12 heteroatoms. The lowest BCUT2D eigenvalue weighted by molar-refractivity contribution is -0.138. The number of benzene rings is 1. The van der Waals surface area contributed by atoms with Gasteiger partial charge in [-0.05, 0) is 38.1 Å². The fourth-order valence-corrected chi connectivity index (χ4v) is 3.26. The number of carbonyl (C=O) groups is 1. The Morgan fingerprint density at radius 1 is 1.06 bits per heavy atom. The maximum absolute atomic E-state index is 13.0. The first-order valence-electron chi connectivity index (χ1n) is 9.56. The Bertz CT molecular complexity index is 1230. The van der Waals surface area contributed by atoms with Crippen LogP contribution in [-0.4, -0.2) is 20.3 Å². The van der Waals surface area contributed by atoms with Crippen LogP contribution in [0.1, 0.15) is 35.3 Å². The fourth-order valence-electron chi connectivity index (χ4n) is 3.26. The average Bonchev–Trinajstić information content (AvgIpc) is 3.09. The van der Waals surface area contributed by atoms with Crippen molar-refractivity contribution in [3.63, 3.8) is 0 Å². The zero-order chi connectivity index (χ0) is 24.6. The summed E-state index contributed by atoms with van der Waals surface area (Å²) in [6.07, 6.45) is -7.27. The Morgan fingerprint density at radius 2 is 1.73 bits per heavy atom. The van der Waals surface area contributed by atoms with Crippen LogP contribution >= 0.6 is 0 Å². The number of alkyl halides is 6. The molecule has 0 radical (unpaired) electrons. The van der Waals surface area contributed by atoms with Gasteiger partial charge in [0.25, 0.3) is 5.56 Å². The fraction of sp³-hybridized carbons (Fsp3) is 0.286. The van der Waals surface area contributed by atoms with Crippen molar-refractivity contribution in [2.45, 2.75) is 38.8 Å². The summed E-state index contributed by atoms with van der Waals surface area (Å²) in [5.74, 6) is -0.727. The van der Waals surface area contributed by atoms with Crippen LogP contribution in [0.5, 0.6) is 0 Å². The number of hydrogen-bond acceptors (Lipinski definition) is 3. The molecule has 3 rings (SSSR count). The van der Waals surface area contributed by atoms with E-state index in [1.54, 1.807) is 13.8 Å². The quantitative estimate of drug-likeness (QED) is 0.565.